The molecule has 2 N–H and O–H groups in total. The van der Waals surface area contributed by atoms with Crippen molar-refractivity contribution in [2.24, 2.45) is 5.73 Å². The van der Waals surface area contributed by atoms with E-state index in [2.05, 4.69) is 9.72 Å². The van der Waals surface area contributed by atoms with E-state index in [1.807, 2.05) is 0 Å². The molecule has 0 bridgehead atoms. The number of thiazole rings is 1. The molecule has 1 atom stereocenters. The smallest absolute Gasteiger partial charge is 0.434 e. The lowest BCUT2D eigenvalue weighted by molar-refractivity contribution is -0.137. The highest BCUT2D eigenvalue weighted by Crippen LogP contribution is 2.37. The summed E-state index contributed by atoms with van der Waals surface area (Å²) < 4.78 is 66.4. The van der Waals surface area contributed by atoms with Crippen LogP contribution < -0.4 is 10.5 Å². The van der Waals surface area contributed by atoms with Crippen LogP contribution in [0.1, 0.15) is 21.5 Å². The minimum absolute atomic E-state index is 0.104. The molecular formula is C12H9F5N2OS. The molecular weight excluding hydrogens is 315 g/mol. The summed E-state index contributed by atoms with van der Waals surface area (Å²) in [4.78, 5) is 3.35. The summed E-state index contributed by atoms with van der Waals surface area (Å²) in [7, 11) is 0. The zero-order valence-corrected chi connectivity index (χ0v) is 11.1. The standard InChI is InChI=1S/C12H9F5N2OS/c13-11(14)20-7-4-2-1-3-6(7)9(18)8-5-19-10(21-8)12(15,16)17/h1-5,9,11H,18H2. The number of hydrogen-bond acceptors (Lipinski definition) is 4. The number of aromatic nitrogens is 1. The van der Waals surface area contributed by atoms with Gasteiger partial charge in [-0.05, 0) is 6.07 Å². The van der Waals surface area contributed by atoms with Crippen LogP contribution in [0.2, 0.25) is 0 Å². The first-order valence-electron chi connectivity index (χ1n) is 5.61. The van der Waals surface area contributed by atoms with Crippen LogP contribution in [0.4, 0.5) is 22.0 Å². The van der Waals surface area contributed by atoms with Gasteiger partial charge in [0.15, 0.2) is 5.01 Å². The molecule has 0 saturated heterocycles. The Morgan fingerprint density at radius 2 is 1.86 bits per heavy atom. The number of rotatable bonds is 4. The van der Waals surface area contributed by atoms with Crippen LogP contribution in [0.15, 0.2) is 30.5 Å². The van der Waals surface area contributed by atoms with Gasteiger partial charge < -0.3 is 10.5 Å². The Balaban J connectivity index is 2.32. The molecule has 0 aliphatic heterocycles. The van der Waals surface area contributed by atoms with E-state index in [9.17, 15) is 22.0 Å². The van der Waals surface area contributed by atoms with Crippen molar-refractivity contribution in [3.8, 4) is 5.75 Å². The maximum Gasteiger partial charge on any atom is 0.443 e. The van der Waals surface area contributed by atoms with Crippen molar-refractivity contribution in [2.45, 2.75) is 18.8 Å². The van der Waals surface area contributed by atoms with Crippen LogP contribution in [-0.4, -0.2) is 11.6 Å². The largest absolute Gasteiger partial charge is 0.443 e. The molecule has 0 radical (unpaired) electrons. The monoisotopic (exact) mass is 324 g/mol. The average Bonchev–Trinajstić information content (AvgIpc) is 2.87. The Kier molecular flexibility index (Phi) is 4.43. The van der Waals surface area contributed by atoms with Gasteiger partial charge in [0.25, 0.3) is 0 Å². The van der Waals surface area contributed by atoms with Crippen LogP contribution >= 0.6 is 11.3 Å². The molecule has 0 aliphatic rings. The Morgan fingerprint density at radius 3 is 2.43 bits per heavy atom. The van der Waals surface area contributed by atoms with Gasteiger partial charge in [0.05, 0.1) is 6.04 Å². The van der Waals surface area contributed by atoms with Crippen molar-refractivity contribution in [3.63, 3.8) is 0 Å². The van der Waals surface area contributed by atoms with Crippen LogP contribution in [0.3, 0.4) is 0 Å². The van der Waals surface area contributed by atoms with Gasteiger partial charge in [-0.15, -0.1) is 11.3 Å². The highest BCUT2D eigenvalue weighted by Gasteiger charge is 2.35. The molecule has 0 fully saturated rings. The topological polar surface area (TPSA) is 48.1 Å². The maximum atomic E-state index is 12.5. The third kappa shape index (κ3) is 3.67. The number of hydrogen-bond donors (Lipinski definition) is 1. The number of ether oxygens (including phenoxy) is 1. The van der Waals surface area contributed by atoms with Gasteiger partial charge in [0.2, 0.25) is 0 Å². The third-order valence-corrected chi connectivity index (χ3v) is 3.67. The minimum Gasteiger partial charge on any atom is -0.434 e. The summed E-state index contributed by atoms with van der Waals surface area (Å²) in [6, 6.07) is 4.64. The van der Waals surface area contributed by atoms with E-state index >= 15 is 0 Å². The Hall–Kier alpha value is -1.74. The SMILES string of the molecule is NC(c1cnc(C(F)(F)F)s1)c1ccccc1OC(F)F. The molecule has 1 unspecified atom stereocenters. The Morgan fingerprint density at radius 1 is 1.19 bits per heavy atom. The summed E-state index contributed by atoms with van der Waals surface area (Å²) in [5.74, 6) is -0.179. The molecule has 2 rings (SSSR count). The fraction of sp³-hybridized carbons (Fsp3) is 0.250. The quantitative estimate of drug-likeness (QED) is 0.870. The predicted molar refractivity (Wildman–Crippen MR) is 66.2 cm³/mol. The molecule has 1 heterocycles. The number of nitrogens with zero attached hydrogens (tertiary/aromatic N) is 1. The van der Waals surface area contributed by atoms with Gasteiger partial charge in [0.1, 0.15) is 5.75 Å². The Labute approximate surface area is 120 Å². The first-order valence-corrected chi connectivity index (χ1v) is 6.43. The molecule has 1 aromatic carbocycles. The molecule has 114 valence electrons. The summed E-state index contributed by atoms with van der Waals surface area (Å²) in [5, 5.41) is -1.04. The van der Waals surface area contributed by atoms with Crippen molar-refractivity contribution in [2.75, 3.05) is 0 Å². The number of alkyl halides is 5. The fourth-order valence-electron chi connectivity index (χ4n) is 1.66. The number of para-hydroxylation sites is 1. The van der Waals surface area contributed by atoms with Gasteiger partial charge in [-0.2, -0.15) is 22.0 Å². The molecule has 9 heteroatoms. The lowest BCUT2D eigenvalue weighted by atomic mass is 10.1. The van der Waals surface area contributed by atoms with E-state index in [-0.39, 0.29) is 16.2 Å². The summed E-state index contributed by atoms with van der Waals surface area (Å²) >= 11 is 0.366. The second-order valence-electron chi connectivity index (χ2n) is 3.96. The molecule has 0 spiro atoms. The van der Waals surface area contributed by atoms with Gasteiger partial charge in [-0.1, -0.05) is 18.2 Å². The van der Waals surface area contributed by atoms with Gasteiger partial charge in [-0.25, -0.2) is 4.98 Å². The predicted octanol–water partition coefficient (Wildman–Crippen LogP) is 3.81. The normalized spacial score (nSPS) is 13.5. The van der Waals surface area contributed by atoms with Gasteiger partial charge >= 0.3 is 12.8 Å². The van der Waals surface area contributed by atoms with Crippen molar-refractivity contribution in [1.29, 1.82) is 0 Å². The molecule has 2 aromatic rings. The Bertz CT molecular complexity index is 614. The van der Waals surface area contributed by atoms with Crippen molar-refractivity contribution >= 4 is 11.3 Å². The van der Waals surface area contributed by atoms with E-state index in [1.165, 1.54) is 24.3 Å². The highest BCUT2D eigenvalue weighted by atomic mass is 32.1. The zero-order valence-electron chi connectivity index (χ0n) is 10.3. The molecule has 0 aliphatic carbocycles. The van der Waals surface area contributed by atoms with Gasteiger partial charge in [0, 0.05) is 16.6 Å². The van der Waals surface area contributed by atoms with Crippen LogP contribution in [-0.2, 0) is 6.18 Å². The van der Waals surface area contributed by atoms with Crippen LogP contribution in [0.5, 0.6) is 5.75 Å². The minimum atomic E-state index is -4.57. The van der Waals surface area contributed by atoms with Crippen LogP contribution in [0.25, 0.3) is 0 Å². The second kappa shape index (κ2) is 5.94. The summed E-state index contributed by atoms with van der Waals surface area (Å²) in [6.45, 7) is -3.05. The number of benzene rings is 1. The second-order valence-corrected chi connectivity index (χ2v) is 5.02. The highest BCUT2D eigenvalue weighted by molar-refractivity contribution is 7.11. The van der Waals surface area contributed by atoms with Gasteiger partial charge in [-0.3, -0.25) is 0 Å². The van der Waals surface area contributed by atoms with E-state index in [4.69, 9.17) is 5.73 Å². The van der Waals surface area contributed by atoms with Crippen molar-refractivity contribution in [1.82, 2.24) is 4.98 Å². The summed E-state index contributed by atoms with van der Waals surface area (Å²) in [6.07, 6.45) is -3.58. The van der Waals surface area contributed by atoms with Crippen molar-refractivity contribution < 1.29 is 26.7 Å². The third-order valence-electron chi connectivity index (χ3n) is 2.54. The van der Waals surface area contributed by atoms with Crippen LogP contribution in [0, 0.1) is 0 Å². The van der Waals surface area contributed by atoms with E-state index < -0.39 is 23.8 Å². The van der Waals surface area contributed by atoms with E-state index in [0.717, 1.165) is 6.20 Å². The lowest BCUT2D eigenvalue weighted by Crippen LogP contribution is -2.13. The van der Waals surface area contributed by atoms with E-state index in [0.29, 0.717) is 11.3 Å². The summed E-state index contributed by atoms with van der Waals surface area (Å²) in [5.41, 5.74) is 5.99. The number of nitrogens with two attached hydrogens (primary N) is 1. The molecule has 21 heavy (non-hydrogen) atoms. The zero-order chi connectivity index (χ0) is 15.6. The average molecular weight is 324 g/mol. The molecule has 0 amide bonds. The lowest BCUT2D eigenvalue weighted by Gasteiger charge is -2.15. The maximum absolute atomic E-state index is 12.5. The fourth-order valence-corrected chi connectivity index (χ4v) is 2.46. The molecule has 0 saturated carbocycles. The van der Waals surface area contributed by atoms with Crippen molar-refractivity contribution in [3.05, 3.63) is 45.9 Å². The first-order chi connectivity index (χ1) is 9.79. The number of halogens is 5. The van der Waals surface area contributed by atoms with E-state index in [1.54, 1.807) is 0 Å². The molecule has 3 nitrogen and oxygen atoms in total. The first kappa shape index (κ1) is 15.6. The molecule has 1 aromatic heterocycles.